The van der Waals surface area contributed by atoms with Crippen molar-refractivity contribution in [2.45, 2.75) is 19.4 Å². The van der Waals surface area contributed by atoms with Gasteiger partial charge in [-0.2, -0.15) is 0 Å². The lowest BCUT2D eigenvalue weighted by Crippen LogP contribution is -2.10. The van der Waals surface area contributed by atoms with E-state index in [1.807, 2.05) is 30.3 Å². The van der Waals surface area contributed by atoms with Gasteiger partial charge in [-0.3, -0.25) is 0 Å². The standard InChI is InChI=1S/C17H18O4/c1-2-12-5-3-4-6-15(12)19-10-14(18)13-7-8-16-17(9-13)21-11-20-16/h3-9,14,18H,2,10-11H2,1H3. The van der Waals surface area contributed by atoms with Crippen LogP contribution < -0.4 is 14.2 Å². The van der Waals surface area contributed by atoms with Crippen molar-refractivity contribution >= 4 is 0 Å². The number of aliphatic hydroxyl groups excluding tert-OH is 1. The van der Waals surface area contributed by atoms with E-state index < -0.39 is 6.10 Å². The molecule has 0 amide bonds. The van der Waals surface area contributed by atoms with Gasteiger partial charge in [0, 0.05) is 0 Å². The van der Waals surface area contributed by atoms with E-state index in [9.17, 15) is 5.11 Å². The molecule has 2 aromatic rings. The predicted octanol–water partition coefficient (Wildman–Crippen LogP) is 3.09. The summed E-state index contributed by atoms with van der Waals surface area (Å²) in [6.07, 6.45) is 0.195. The van der Waals surface area contributed by atoms with E-state index in [-0.39, 0.29) is 13.4 Å². The van der Waals surface area contributed by atoms with Gasteiger partial charge < -0.3 is 19.3 Å². The van der Waals surface area contributed by atoms with E-state index in [2.05, 4.69) is 6.92 Å². The topological polar surface area (TPSA) is 47.9 Å². The van der Waals surface area contributed by atoms with Crippen LogP contribution in [0.4, 0.5) is 0 Å². The van der Waals surface area contributed by atoms with Gasteiger partial charge in [0.05, 0.1) is 0 Å². The average molecular weight is 286 g/mol. The first kappa shape index (κ1) is 13.8. The highest BCUT2D eigenvalue weighted by Crippen LogP contribution is 2.34. The van der Waals surface area contributed by atoms with Crippen LogP contribution in [0.2, 0.25) is 0 Å². The highest BCUT2D eigenvalue weighted by Gasteiger charge is 2.17. The maximum Gasteiger partial charge on any atom is 0.231 e. The fourth-order valence-electron chi connectivity index (χ4n) is 2.32. The van der Waals surface area contributed by atoms with Crippen LogP contribution in [-0.4, -0.2) is 18.5 Å². The number of aliphatic hydroxyl groups is 1. The molecule has 3 rings (SSSR count). The van der Waals surface area contributed by atoms with Crippen molar-refractivity contribution in [1.29, 1.82) is 0 Å². The van der Waals surface area contributed by atoms with Crippen molar-refractivity contribution in [2.24, 2.45) is 0 Å². The number of fused-ring (bicyclic) bond motifs is 1. The average Bonchev–Trinajstić information content (AvgIpc) is 3.00. The summed E-state index contributed by atoms with van der Waals surface area (Å²) in [7, 11) is 0. The Morgan fingerprint density at radius 3 is 2.81 bits per heavy atom. The molecule has 0 fully saturated rings. The van der Waals surface area contributed by atoms with E-state index in [1.165, 1.54) is 0 Å². The lowest BCUT2D eigenvalue weighted by Gasteiger charge is -2.15. The molecule has 0 bridgehead atoms. The Bertz CT molecular complexity index is 624. The zero-order valence-corrected chi connectivity index (χ0v) is 11.9. The molecule has 0 saturated heterocycles. The molecule has 0 radical (unpaired) electrons. The number of para-hydroxylation sites is 1. The van der Waals surface area contributed by atoms with Crippen molar-refractivity contribution in [3.05, 3.63) is 53.6 Å². The van der Waals surface area contributed by atoms with Crippen LogP contribution in [0.3, 0.4) is 0 Å². The fourth-order valence-corrected chi connectivity index (χ4v) is 2.32. The number of aryl methyl sites for hydroxylation is 1. The molecule has 1 heterocycles. The molecular formula is C17H18O4. The van der Waals surface area contributed by atoms with Crippen molar-refractivity contribution in [1.82, 2.24) is 0 Å². The number of hydrogen-bond acceptors (Lipinski definition) is 4. The Labute approximate surface area is 123 Å². The van der Waals surface area contributed by atoms with E-state index in [0.29, 0.717) is 11.5 Å². The smallest absolute Gasteiger partial charge is 0.231 e. The summed E-state index contributed by atoms with van der Waals surface area (Å²) in [6, 6.07) is 13.3. The second kappa shape index (κ2) is 6.06. The third-order valence-electron chi connectivity index (χ3n) is 3.53. The molecule has 0 spiro atoms. The van der Waals surface area contributed by atoms with Gasteiger partial charge in [-0.1, -0.05) is 31.2 Å². The van der Waals surface area contributed by atoms with Gasteiger partial charge in [-0.15, -0.1) is 0 Å². The minimum Gasteiger partial charge on any atom is -0.490 e. The zero-order valence-electron chi connectivity index (χ0n) is 11.9. The van der Waals surface area contributed by atoms with Gasteiger partial charge in [-0.25, -0.2) is 0 Å². The maximum absolute atomic E-state index is 10.3. The number of rotatable bonds is 5. The molecule has 0 aromatic heterocycles. The van der Waals surface area contributed by atoms with Gasteiger partial charge in [0.1, 0.15) is 18.5 Å². The summed E-state index contributed by atoms with van der Waals surface area (Å²) in [5.41, 5.74) is 1.89. The summed E-state index contributed by atoms with van der Waals surface area (Å²) in [6.45, 7) is 2.52. The molecule has 1 unspecified atom stereocenters. The number of hydrogen-bond donors (Lipinski definition) is 1. The largest absolute Gasteiger partial charge is 0.490 e. The third kappa shape index (κ3) is 2.95. The Morgan fingerprint density at radius 1 is 1.14 bits per heavy atom. The van der Waals surface area contributed by atoms with Crippen LogP contribution in [0.5, 0.6) is 17.2 Å². The molecular weight excluding hydrogens is 268 g/mol. The van der Waals surface area contributed by atoms with Crippen LogP contribution in [0.1, 0.15) is 24.2 Å². The molecule has 1 aliphatic rings. The zero-order chi connectivity index (χ0) is 14.7. The molecule has 1 atom stereocenters. The second-order valence-corrected chi connectivity index (χ2v) is 4.90. The van der Waals surface area contributed by atoms with Crippen molar-refractivity contribution in [3.8, 4) is 17.2 Å². The van der Waals surface area contributed by atoms with Gasteiger partial charge in [0.25, 0.3) is 0 Å². The first-order valence-electron chi connectivity index (χ1n) is 7.06. The quantitative estimate of drug-likeness (QED) is 0.917. The third-order valence-corrected chi connectivity index (χ3v) is 3.53. The molecule has 21 heavy (non-hydrogen) atoms. The van der Waals surface area contributed by atoms with Gasteiger partial charge in [-0.05, 0) is 35.7 Å². The Kier molecular flexibility index (Phi) is 3.97. The Hall–Kier alpha value is -2.20. The molecule has 1 N–H and O–H groups in total. The molecule has 0 aliphatic carbocycles. The SMILES string of the molecule is CCc1ccccc1OCC(O)c1ccc2c(c1)OCO2. The normalized spacial score (nSPS) is 14.0. The minimum absolute atomic E-state index is 0.205. The molecule has 2 aromatic carbocycles. The van der Waals surface area contributed by atoms with Gasteiger partial charge in [0.15, 0.2) is 11.5 Å². The highest BCUT2D eigenvalue weighted by atomic mass is 16.7. The molecule has 4 nitrogen and oxygen atoms in total. The molecule has 1 aliphatic heterocycles. The van der Waals surface area contributed by atoms with E-state index in [4.69, 9.17) is 14.2 Å². The van der Waals surface area contributed by atoms with E-state index >= 15 is 0 Å². The molecule has 4 heteroatoms. The fraction of sp³-hybridized carbons (Fsp3) is 0.294. The van der Waals surface area contributed by atoms with Crippen LogP contribution in [0.15, 0.2) is 42.5 Å². The summed E-state index contributed by atoms with van der Waals surface area (Å²) in [5, 5.41) is 10.3. The lowest BCUT2D eigenvalue weighted by molar-refractivity contribution is 0.107. The lowest BCUT2D eigenvalue weighted by atomic mass is 10.1. The van der Waals surface area contributed by atoms with Crippen molar-refractivity contribution < 1.29 is 19.3 Å². The first-order chi connectivity index (χ1) is 10.3. The second-order valence-electron chi connectivity index (χ2n) is 4.90. The van der Waals surface area contributed by atoms with E-state index in [0.717, 1.165) is 23.3 Å². The summed E-state index contributed by atoms with van der Waals surface area (Å²) in [4.78, 5) is 0. The first-order valence-corrected chi connectivity index (χ1v) is 7.06. The Balaban J connectivity index is 1.67. The predicted molar refractivity (Wildman–Crippen MR) is 78.8 cm³/mol. The molecule has 110 valence electrons. The number of ether oxygens (including phenoxy) is 3. The summed E-state index contributed by atoms with van der Waals surface area (Å²) >= 11 is 0. The maximum atomic E-state index is 10.3. The van der Waals surface area contributed by atoms with Crippen molar-refractivity contribution in [2.75, 3.05) is 13.4 Å². The van der Waals surface area contributed by atoms with Crippen LogP contribution in [0, 0.1) is 0 Å². The van der Waals surface area contributed by atoms with Gasteiger partial charge >= 0.3 is 0 Å². The van der Waals surface area contributed by atoms with Crippen LogP contribution >= 0.6 is 0 Å². The minimum atomic E-state index is -0.704. The van der Waals surface area contributed by atoms with Crippen LogP contribution in [0.25, 0.3) is 0 Å². The Morgan fingerprint density at radius 2 is 1.95 bits per heavy atom. The highest BCUT2D eigenvalue weighted by molar-refractivity contribution is 5.45. The summed E-state index contributed by atoms with van der Waals surface area (Å²) in [5.74, 6) is 2.20. The number of benzene rings is 2. The molecule has 0 saturated carbocycles. The monoisotopic (exact) mass is 286 g/mol. The van der Waals surface area contributed by atoms with Gasteiger partial charge in [0.2, 0.25) is 6.79 Å². The van der Waals surface area contributed by atoms with E-state index in [1.54, 1.807) is 12.1 Å². The summed E-state index contributed by atoms with van der Waals surface area (Å²) < 4.78 is 16.3. The van der Waals surface area contributed by atoms with Crippen molar-refractivity contribution in [3.63, 3.8) is 0 Å². The van der Waals surface area contributed by atoms with Crippen LogP contribution in [-0.2, 0) is 6.42 Å².